The van der Waals surface area contributed by atoms with Gasteiger partial charge in [-0.05, 0) is 62.0 Å². The van der Waals surface area contributed by atoms with Crippen LogP contribution in [0.4, 0.5) is 13.2 Å². The first-order valence-electron chi connectivity index (χ1n) is 13.6. The van der Waals surface area contributed by atoms with Crippen LogP contribution in [0.3, 0.4) is 0 Å². The molecule has 0 saturated carbocycles. The highest BCUT2D eigenvalue weighted by Gasteiger charge is 2.43. The fourth-order valence-electron chi connectivity index (χ4n) is 5.79. The second-order valence-corrected chi connectivity index (χ2v) is 11.3. The highest BCUT2D eigenvalue weighted by molar-refractivity contribution is 5.79. The Kier molecular flexibility index (Phi) is 8.20. The molecule has 216 valence electrons. The molecular weight excluding hydrogens is 533 g/mol. The Balaban J connectivity index is 1.39. The number of pyridine rings is 1. The van der Waals surface area contributed by atoms with Gasteiger partial charge in [-0.1, -0.05) is 30.3 Å². The topological polar surface area (TPSA) is 71.9 Å². The smallest absolute Gasteiger partial charge is 0.329 e. The highest BCUT2D eigenvalue weighted by Crippen LogP contribution is 2.50. The SMILES string of the molecule is C[C@@H]1CC2=C(Cc3ccccc32)[C@@H](c2c(F)cc(OCc3ccc(COCC(=O)O)nc3)cc2F)N1CC(C)(C)F. The van der Waals surface area contributed by atoms with Crippen molar-refractivity contribution in [1.82, 2.24) is 9.88 Å². The van der Waals surface area contributed by atoms with E-state index in [1.165, 1.54) is 32.2 Å². The van der Waals surface area contributed by atoms with Crippen molar-refractivity contribution >= 4 is 11.5 Å². The van der Waals surface area contributed by atoms with Crippen molar-refractivity contribution in [1.29, 1.82) is 0 Å². The van der Waals surface area contributed by atoms with Crippen LogP contribution in [0.2, 0.25) is 0 Å². The lowest BCUT2D eigenvalue weighted by Crippen LogP contribution is -2.47. The maximum atomic E-state index is 15.8. The van der Waals surface area contributed by atoms with Gasteiger partial charge in [0, 0.05) is 42.0 Å². The number of carbonyl (C=O) groups is 1. The summed E-state index contributed by atoms with van der Waals surface area (Å²) in [4.78, 5) is 16.7. The number of benzene rings is 2. The number of ether oxygens (including phenoxy) is 2. The van der Waals surface area contributed by atoms with Crippen LogP contribution in [0.5, 0.6) is 5.75 Å². The Morgan fingerprint density at radius 3 is 2.51 bits per heavy atom. The fourth-order valence-corrected chi connectivity index (χ4v) is 5.79. The van der Waals surface area contributed by atoms with E-state index in [1.807, 2.05) is 36.1 Å². The third-order valence-electron chi connectivity index (χ3n) is 7.49. The molecule has 1 aromatic heterocycles. The molecule has 2 aliphatic rings. The summed E-state index contributed by atoms with van der Waals surface area (Å²) in [5, 5.41) is 8.66. The Morgan fingerprint density at radius 2 is 1.85 bits per heavy atom. The van der Waals surface area contributed by atoms with E-state index in [1.54, 1.807) is 12.1 Å². The molecule has 2 heterocycles. The minimum Gasteiger partial charge on any atom is -0.489 e. The van der Waals surface area contributed by atoms with Crippen molar-refractivity contribution in [3.8, 4) is 5.75 Å². The standard InChI is InChI=1S/C32H33F3N2O4/c1-19-10-25-24-7-5-4-6-21(24)11-26(25)31(37(19)18-32(2,3)35)30-27(33)12-23(13-28(30)34)41-15-20-8-9-22(36-14-20)16-40-17-29(38)39/h4-9,12-14,19,31H,10-11,15-18H2,1-3H3,(H,38,39)/t19-,31+/m1/s1. The van der Waals surface area contributed by atoms with Gasteiger partial charge in [-0.25, -0.2) is 18.0 Å². The maximum absolute atomic E-state index is 15.8. The number of nitrogens with zero attached hydrogens (tertiary/aromatic N) is 2. The minimum absolute atomic E-state index is 0.0225. The molecule has 9 heteroatoms. The van der Waals surface area contributed by atoms with Gasteiger partial charge in [0.15, 0.2) is 0 Å². The molecular formula is C32H33F3N2O4. The second kappa shape index (κ2) is 11.7. The van der Waals surface area contributed by atoms with Gasteiger partial charge in [0.05, 0.1) is 18.3 Å². The molecule has 0 spiro atoms. The quantitative estimate of drug-likeness (QED) is 0.305. The summed E-state index contributed by atoms with van der Waals surface area (Å²) in [6, 6.07) is 12.9. The van der Waals surface area contributed by atoms with Gasteiger partial charge in [0.25, 0.3) is 0 Å². The first-order chi connectivity index (χ1) is 19.5. The van der Waals surface area contributed by atoms with Gasteiger partial charge in [-0.3, -0.25) is 9.88 Å². The van der Waals surface area contributed by atoms with Crippen LogP contribution in [-0.4, -0.2) is 45.8 Å². The molecule has 0 unspecified atom stereocenters. The summed E-state index contributed by atoms with van der Waals surface area (Å²) in [6.45, 7) is 4.63. The van der Waals surface area contributed by atoms with E-state index < -0.39 is 35.9 Å². The van der Waals surface area contributed by atoms with Crippen molar-refractivity contribution in [2.45, 2.75) is 64.6 Å². The molecule has 0 fully saturated rings. The van der Waals surface area contributed by atoms with Crippen molar-refractivity contribution in [2.24, 2.45) is 0 Å². The molecule has 0 radical (unpaired) electrons. The molecule has 0 amide bonds. The molecule has 1 N–H and O–H groups in total. The van der Waals surface area contributed by atoms with Crippen LogP contribution in [0.1, 0.15) is 61.2 Å². The van der Waals surface area contributed by atoms with E-state index >= 15 is 8.78 Å². The van der Waals surface area contributed by atoms with Crippen molar-refractivity contribution in [3.05, 3.63) is 99.9 Å². The van der Waals surface area contributed by atoms with Gasteiger partial charge in [0.1, 0.15) is 36.3 Å². The van der Waals surface area contributed by atoms with Gasteiger partial charge in [0.2, 0.25) is 0 Å². The molecule has 0 saturated heterocycles. The van der Waals surface area contributed by atoms with Crippen LogP contribution in [-0.2, 0) is 29.2 Å². The van der Waals surface area contributed by atoms with Crippen LogP contribution in [0.15, 0.2) is 60.3 Å². The van der Waals surface area contributed by atoms with Crippen LogP contribution in [0, 0.1) is 11.6 Å². The molecule has 41 heavy (non-hydrogen) atoms. The second-order valence-electron chi connectivity index (χ2n) is 11.3. The molecule has 1 aliphatic heterocycles. The average Bonchev–Trinajstić information content (AvgIpc) is 3.26. The number of aromatic nitrogens is 1. The van der Waals surface area contributed by atoms with Crippen LogP contribution in [0.25, 0.3) is 5.57 Å². The third kappa shape index (κ3) is 6.47. The van der Waals surface area contributed by atoms with E-state index in [4.69, 9.17) is 14.6 Å². The minimum atomic E-state index is -1.56. The lowest BCUT2D eigenvalue weighted by atomic mass is 9.84. The van der Waals surface area contributed by atoms with Crippen molar-refractivity contribution in [2.75, 3.05) is 13.2 Å². The Bertz CT molecular complexity index is 1440. The van der Waals surface area contributed by atoms with E-state index in [-0.39, 0.29) is 37.1 Å². The van der Waals surface area contributed by atoms with Crippen LogP contribution >= 0.6 is 0 Å². The highest BCUT2D eigenvalue weighted by atomic mass is 19.1. The molecule has 2 atom stereocenters. The summed E-state index contributed by atoms with van der Waals surface area (Å²) >= 11 is 0. The van der Waals surface area contributed by atoms with E-state index in [9.17, 15) is 9.18 Å². The number of rotatable bonds is 10. The summed E-state index contributed by atoms with van der Waals surface area (Å²) in [6.07, 6.45) is 2.78. The van der Waals surface area contributed by atoms with Crippen LogP contribution < -0.4 is 4.74 Å². The Labute approximate surface area is 237 Å². The first kappa shape index (κ1) is 28.8. The van der Waals surface area contributed by atoms with Gasteiger partial charge >= 0.3 is 5.97 Å². The lowest BCUT2D eigenvalue weighted by molar-refractivity contribution is -0.142. The summed E-state index contributed by atoms with van der Waals surface area (Å²) in [7, 11) is 0. The monoisotopic (exact) mass is 566 g/mol. The number of carboxylic acids is 1. The molecule has 2 aromatic carbocycles. The van der Waals surface area contributed by atoms with Gasteiger partial charge < -0.3 is 14.6 Å². The van der Waals surface area contributed by atoms with Crippen molar-refractivity contribution < 1.29 is 32.5 Å². The number of halogens is 3. The third-order valence-corrected chi connectivity index (χ3v) is 7.49. The molecule has 0 bridgehead atoms. The number of carboxylic acid groups (broad SMARTS) is 1. The summed E-state index contributed by atoms with van der Waals surface area (Å²) < 4.78 is 57.4. The maximum Gasteiger partial charge on any atom is 0.329 e. The summed E-state index contributed by atoms with van der Waals surface area (Å²) in [5.74, 6) is -2.52. The fraction of sp³-hybridized carbons (Fsp3) is 0.375. The summed E-state index contributed by atoms with van der Waals surface area (Å²) in [5.41, 5.74) is 3.78. The predicted molar refractivity (Wildman–Crippen MR) is 148 cm³/mol. The largest absolute Gasteiger partial charge is 0.489 e. The van der Waals surface area contributed by atoms with E-state index in [2.05, 4.69) is 4.98 Å². The van der Waals surface area contributed by atoms with E-state index in [0.29, 0.717) is 24.1 Å². The number of hydrogen-bond acceptors (Lipinski definition) is 5. The van der Waals surface area contributed by atoms with Crippen molar-refractivity contribution in [3.63, 3.8) is 0 Å². The molecule has 6 nitrogen and oxygen atoms in total. The zero-order chi connectivity index (χ0) is 29.3. The predicted octanol–water partition coefficient (Wildman–Crippen LogP) is 6.43. The average molecular weight is 567 g/mol. The normalized spacial score (nSPS) is 18.8. The Morgan fingerprint density at radius 1 is 1.12 bits per heavy atom. The number of hydrogen-bond donors (Lipinski definition) is 1. The lowest BCUT2D eigenvalue weighted by Gasteiger charge is -2.44. The number of fused-ring (bicyclic) bond motifs is 2. The van der Waals surface area contributed by atoms with E-state index in [0.717, 1.165) is 22.3 Å². The Hall–Kier alpha value is -3.69. The number of aliphatic carboxylic acids is 1. The first-order valence-corrected chi connectivity index (χ1v) is 13.6. The van der Waals surface area contributed by atoms with Gasteiger partial charge in [-0.2, -0.15) is 0 Å². The van der Waals surface area contributed by atoms with Gasteiger partial charge in [-0.15, -0.1) is 0 Å². The molecule has 5 rings (SSSR count). The zero-order valence-electron chi connectivity index (χ0n) is 23.3. The zero-order valence-corrected chi connectivity index (χ0v) is 23.3. The molecule has 3 aromatic rings. The number of alkyl halides is 1. The molecule has 1 aliphatic carbocycles.